The lowest BCUT2D eigenvalue weighted by Gasteiger charge is -2.14. The van der Waals surface area contributed by atoms with Crippen molar-refractivity contribution in [3.05, 3.63) is 76.7 Å². The van der Waals surface area contributed by atoms with Gasteiger partial charge in [-0.05, 0) is 55.0 Å². The molecule has 0 aliphatic heterocycles. The topological polar surface area (TPSA) is 38.1 Å². The number of nitrogens with zero attached hydrogens (tertiary/aromatic N) is 2. The van der Waals surface area contributed by atoms with Crippen molar-refractivity contribution in [3.63, 3.8) is 0 Å². The number of aryl methyl sites for hydroxylation is 3. The van der Waals surface area contributed by atoms with Gasteiger partial charge in [0.15, 0.2) is 0 Å². The monoisotopic (exact) mass is 394 g/mol. The fourth-order valence-corrected chi connectivity index (χ4v) is 4.83. The summed E-state index contributed by atoms with van der Waals surface area (Å²) in [6.45, 7) is 9.69. The largest absolute Gasteiger partial charge is 0.396 e. The molecule has 3 nitrogen and oxygen atoms in total. The Labute approximate surface area is 172 Å². The van der Waals surface area contributed by atoms with Gasteiger partial charge in [-0.1, -0.05) is 62.0 Å². The maximum absolute atomic E-state index is 9.35. The Morgan fingerprint density at radius 3 is 2.32 bits per heavy atom. The number of imidazole rings is 1. The van der Waals surface area contributed by atoms with Crippen LogP contribution in [0.1, 0.15) is 54.4 Å². The van der Waals surface area contributed by atoms with E-state index in [0.717, 1.165) is 30.9 Å². The predicted molar refractivity (Wildman–Crippen MR) is 117 cm³/mol. The summed E-state index contributed by atoms with van der Waals surface area (Å²) in [6.07, 6.45) is 1.52. The first-order valence-electron chi connectivity index (χ1n) is 9.98. The Balaban J connectivity index is 2.06. The van der Waals surface area contributed by atoms with Gasteiger partial charge in [0.05, 0.1) is 5.69 Å². The number of benzene rings is 2. The fourth-order valence-electron chi connectivity index (χ4n) is 3.45. The van der Waals surface area contributed by atoms with Crippen LogP contribution < -0.4 is 0 Å². The second-order valence-corrected chi connectivity index (χ2v) is 8.76. The van der Waals surface area contributed by atoms with E-state index in [4.69, 9.17) is 4.98 Å². The molecule has 0 spiro atoms. The van der Waals surface area contributed by atoms with Gasteiger partial charge in [0, 0.05) is 24.5 Å². The van der Waals surface area contributed by atoms with E-state index in [1.54, 1.807) is 0 Å². The van der Waals surface area contributed by atoms with E-state index in [1.165, 1.54) is 26.6 Å². The molecule has 0 aliphatic carbocycles. The third kappa shape index (κ3) is 5.06. The minimum atomic E-state index is 0.189. The lowest BCUT2D eigenvalue weighted by molar-refractivity contribution is 0.287. The Kier molecular flexibility index (Phi) is 6.97. The number of rotatable bonds is 8. The molecule has 1 N–H and O–H groups in total. The van der Waals surface area contributed by atoms with Crippen molar-refractivity contribution in [1.29, 1.82) is 0 Å². The molecular formula is C24H30N2OS. The second kappa shape index (κ2) is 9.44. The molecule has 0 bridgehead atoms. The van der Waals surface area contributed by atoms with Crippen LogP contribution in [0.4, 0.5) is 0 Å². The van der Waals surface area contributed by atoms with Gasteiger partial charge in [-0.2, -0.15) is 0 Å². The smallest absolute Gasteiger partial charge is 0.110 e. The molecule has 0 unspecified atom stereocenters. The van der Waals surface area contributed by atoms with Crippen molar-refractivity contribution in [2.24, 2.45) is 0 Å². The molecule has 1 heterocycles. The average Bonchev–Trinajstić information content (AvgIpc) is 2.97. The molecule has 0 amide bonds. The molecule has 3 aromatic rings. The number of aromatic nitrogens is 2. The molecular weight excluding hydrogens is 364 g/mol. The normalized spacial score (nSPS) is 11.4. The van der Waals surface area contributed by atoms with Gasteiger partial charge in [0.2, 0.25) is 0 Å². The molecule has 0 saturated heterocycles. The van der Waals surface area contributed by atoms with Crippen LogP contribution in [0.15, 0.2) is 58.5 Å². The number of hydrogen-bond acceptors (Lipinski definition) is 3. The van der Waals surface area contributed by atoms with Crippen LogP contribution in [-0.2, 0) is 13.0 Å². The summed E-state index contributed by atoms with van der Waals surface area (Å²) in [4.78, 5) is 6.27. The zero-order valence-corrected chi connectivity index (χ0v) is 18.1. The standard InChI is InChI=1S/C24H30N2OS/c1-17(2)23-24(28-21-14-18(3)13-19(4)15-21)26(22(25-23)11-8-12-27)16-20-9-6-5-7-10-20/h5-7,9-10,13-15,17,27H,8,11-12,16H2,1-4H3. The van der Waals surface area contributed by atoms with Crippen LogP contribution in [0.3, 0.4) is 0 Å². The van der Waals surface area contributed by atoms with Gasteiger partial charge in [-0.15, -0.1) is 0 Å². The molecule has 28 heavy (non-hydrogen) atoms. The summed E-state index contributed by atoms with van der Waals surface area (Å²) in [5.41, 5.74) is 4.97. The average molecular weight is 395 g/mol. The molecule has 0 saturated carbocycles. The SMILES string of the molecule is Cc1cc(C)cc(Sc2c(C(C)C)nc(CCCO)n2Cc2ccccc2)c1. The highest BCUT2D eigenvalue weighted by molar-refractivity contribution is 7.99. The summed E-state index contributed by atoms with van der Waals surface area (Å²) in [7, 11) is 0. The number of hydrogen-bond donors (Lipinski definition) is 1. The quantitative estimate of drug-likeness (QED) is 0.529. The van der Waals surface area contributed by atoms with E-state index >= 15 is 0 Å². The van der Waals surface area contributed by atoms with Crippen LogP contribution in [0.2, 0.25) is 0 Å². The Morgan fingerprint density at radius 2 is 1.71 bits per heavy atom. The Morgan fingerprint density at radius 1 is 1.04 bits per heavy atom. The lowest BCUT2D eigenvalue weighted by atomic mass is 10.1. The summed E-state index contributed by atoms with van der Waals surface area (Å²) in [5.74, 6) is 1.41. The Bertz CT molecular complexity index is 896. The highest BCUT2D eigenvalue weighted by Gasteiger charge is 2.20. The molecule has 1 aromatic heterocycles. The zero-order chi connectivity index (χ0) is 20.1. The van der Waals surface area contributed by atoms with E-state index < -0.39 is 0 Å². The predicted octanol–water partition coefficient (Wildman–Crippen LogP) is 5.75. The number of aliphatic hydroxyl groups is 1. The summed E-state index contributed by atoms with van der Waals surface area (Å²) in [6, 6.07) is 17.2. The van der Waals surface area contributed by atoms with Crippen molar-refractivity contribution < 1.29 is 5.11 Å². The first-order chi connectivity index (χ1) is 13.5. The minimum Gasteiger partial charge on any atom is -0.396 e. The highest BCUT2D eigenvalue weighted by Crippen LogP contribution is 2.36. The van der Waals surface area contributed by atoms with Gasteiger partial charge in [0.1, 0.15) is 10.9 Å². The molecule has 4 heteroatoms. The van der Waals surface area contributed by atoms with E-state index in [9.17, 15) is 5.11 Å². The summed E-state index contributed by atoms with van der Waals surface area (Å²) >= 11 is 1.81. The van der Waals surface area contributed by atoms with Gasteiger partial charge in [-0.25, -0.2) is 4.98 Å². The maximum atomic E-state index is 9.35. The van der Waals surface area contributed by atoms with Crippen LogP contribution in [0.5, 0.6) is 0 Å². The van der Waals surface area contributed by atoms with Crippen LogP contribution in [-0.4, -0.2) is 21.3 Å². The lowest BCUT2D eigenvalue weighted by Crippen LogP contribution is -2.07. The van der Waals surface area contributed by atoms with Crippen molar-refractivity contribution in [3.8, 4) is 0 Å². The van der Waals surface area contributed by atoms with Gasteiger partial charge < -0.3 is 9.67 Å². The first-order valence-corrected chi connectivity index (χ1v) is 10.8. The van der Waals surface area contributed by atoms with E-state index in [-0.39, 0.29) is 6.61 Å². The summed E-state index contributed by atoms with van der Waals surface area (Å²) in [5, 5.41) is 10.6. The van der Waals surface area contributed by atoms with Crippen LogP contribution in [0.25, 0.3) is 0 Å². The number of aliphatic hydroxyl groups excluding tert-OH is 1. The van der Waals surface area contributed by atoms with Crippen molar-refractivity contribution in [2.75, 3.05) is 6.61 Å². The fraction of sp³-hybridized carbons (Fsp3) is 0.375. The second-order valence-electron chi connectivity index (χ2n) is 7.70. The van der Waals surface area contributed by atoms with E-state index in [2.05, 4.69) is 80.8 Å². The van der Waals surface area contributed by atoms with Gasteiger partial charge >= 0.3 is 0 Å². The van der Waals surface area contributed by atoms with Crippen molar-refractivity contribution in [1.82, 2.24) is 9.55 Å². The van der Waals surface area contributed by atoms with Crippen LogP contribution >= 0.6 is 11.8 Å². The molecule has 0 aliphatic rings. The molecule has 3 rings (SSSR count). The van der Waals surface area contributed by atoms with Crippen LogP contribution in [0, 0.1) is 13.8 Å². The Hall–Kier alpha value is -2.04. The molecule has 2 aromatic carbocycles. The zero-order valence-electron chi connectivity index (χ0n) is 17.3. The van der Waals surface area contributed by atoms with E-state index in [1.807, 2.05) is 11.8 Å². The van der Waals surface area contributed by atoms with Gasteiger partial charge in [0.25, 0.3) is 0 Å². The molecule has 148 valence electrons. The third-order valence-electron chi connectivity index (χ3n) is 4.72. The maximum Gasteiger partial charge on any atom is 0.110 e. The first kappa shape index (κ1) is 20.7. The molecule has 0 radical (unpaired) electrons. The molecule has 0 atom stereocenters. The third-order valence-corrected chi connectivity index (χ3v) is 5.82. The minimum absolute atomic E-state index is 0.189. The summed E-state index contributed by atoms with van der Waals surface area (Å²) < 4.78 is 2.35. The highest BCUT2D eigenvalue weighted by atomic mass is 32.2. The van der Waals surface area contributed by atoms with E-state index in [0.29, 0.717) is 5.92 Å². The van der Waals surface area contributed by atoms with Crippen molar-refractivity contribution in [2.45, 2.75) is 62.9 Å². The van der Waals surface area contributed by atoms with Crippen molar-refractivity contribution >= 4 is 11.8 Å². The molecule has 0 fully saturated rings. The van der Waals surface area contributed by atoms with Gasteiger partial charge in [-0.3, -0.25) is 0 Å².